The Kier molecular flexibility index (Phi) is 4.83. The van der Waals surface area contributed by atoms with E-state index in [-0.39, 0.29) is 12.0 Å². The van der Waals surface area contributed by atoms with Gasteiger partial charge in [0.15, 0.2) is 0 Å². The molecule has 114 valence electrons. The van der Waals surface area contributed by atoms with Crippen LogP contribution in [-0.4, -0.2) is 40.6 Å². The van der Waals surface area contributed by atoms with E-state index in [1.807, 2.05) is 13.8 Å². The molecule has 5 nitrogen and oxygen atoms in total. The van der Waals surface area contributed by atoms with E-state index in [1.54, 1.807) is 24.3 Å². The van der Waals surface area contributed by atoms with Gasteiger partial charge >= 0.3 is 5.97 Å². The molecule has 0 aromatic heterocycles. The first-order chi connectivity index (χ1) is 9.99. The third-order valence-corrected chi connectivity index (χ3v) is 3.52. The Morgan fingerprint density at radius 1 is 1.24 bits per heavy atom. The standard InChI is InChI=1S/C16H21NO4/c1-11(2)21-13-8-6-12(7-9-13)15(18)17-10-4-3-5-14(17)16(19)20/h6-9,11,14H,3-5,10H2,1-2H3,(H,19,20)/t14-/m0/s1. The molecule has 1 atom stereocenters. The number of piperidine rings is 1. The molecule has 1 aliphatic rings. The Morgan fingerprint density at radius 3 is 2.48 bits per heavy atom. The van der Waals surface area contributed by atoms with Crippen LogP contribution >= 0.6 is 0 Å². The van der Waals surface area contributed by atoms with Gasteiger partial charge in [0.05, 0.1) is 6.10 Å². The first kappa shape index (κ1) is 15.4. The topological polar surface area (TPSA) is 66.8 Å². The van der Waals surface area contributed by atoms with Crippen molar-refractivity contribution in [3.05, 3.63) is 29.8 Å². The molecule has 0 aliphatic carbocycles. The minimum atomic E-state index is -0.928. The number of carboxylic acid groups (broad SMARTS) is 1. The summed E-state index contributed by atoms with van der Waals surface area (Å²) < 4.78 is 5.53. The summed E-state index contributed by atoms with van der Waals surface area (Å²) in [5, 5.41) is 9.23. The van der Waals surface area contributed by atoms with Gasteiger partial charge < -0.3 is 14.7 Å². The van der Waals surface area contributed by atoms with E-state index in [1.165, 1.54) is 4.90 Å². The van der Waals surface area contributed by atoms with Gasteiger partial charge in [-0.05, 0) is 57.4 Å². The van der Waals surface area contributed by atoms with Crippen LogP contribution in [0.5, 0.6) is 5.75 Å². The van der Waals surface area contributed by atoms with Crippen LogP contribution in [0.4, 0.5) is 0 Å². The maximum atomic E-state index is 12.5. The molecule has 1 N–H and O–H groups in total. The molecule has 1 aromatic rings. The number of benzene rings is 1. The zero-order valence-electron chi connectivity index (χ0n) is 12.4. The van der Waals surface area contributed by atoms with Crippen molar-refractivity contribution in [2.24, 2.45) is 0 Å². The van der Waals surface area contributed by atoms with Gasteiger partial charge in [0.1, 0.15) is 11.8 Å². The van der Waals surface area contributed by atoms with Crippen LogP contribution in [0.15, 0.2) is 24.3 Å². The number of ether oxygens (including phenoxy) is 1. The third-order valence-electron chi connectivity index (χ3n) is 3.52. The number of carbonyl (C=O) groups excluding carboxylic acids is 1. The molecule has 1 amide bonds. The highest BCUT2D eigenvalue weighted by molar-refractivity contribution is 5.96. The van der Waals surface area contributed by atoms with Crippen LogP contribution in [0.25, 0.3) is 0 Å². The van der Waals surface area contributed by atoms with E-state index in [0.717, 1.165) is 12.8 Å². The molecule has 0 unspecified atom stereocenters. The quantitative estimate of drug-likeness (QED) is 0.925. The van der Waals surface area contributed by atoms with Crippen LogP contribution in [0, 0.1) is 0 Å². The summed E-state index contributed by atoms with van der Waals surface area (Å²) in [5.41, 5.74) is 0.499. The van der Waals surface area contributed by atoms with Gasteiger partial charge in [-0.15, -0.1) is 0 Å². The van der Waals surface area contributed by atoms with Gasteiger partial charge in [-0.3, -0.25) is 4.79 Å². The normalized spacial score (nSPS) is 18.6. The number of carboxylic acids is 1. The summed E-state index contributed by atoms with van der Waals surface area (Å²) in [6.45, 7) is 4.37. The lowest BCUT2D eigenvalue weighted by molar-refractivity contribution is -0.143. The van der Waals surface area contributed by atoms with Gasteiger partial charge in [-0.2, -0.15) is 0 Å². The molecule has 1 fully saturated rings. The van der Waals surface area contributed by atoms with Crippen molar-refractivity contribution in [2.75, 3.05) is 6.54 Å². The average molecular weight is 291 g/mol. The molecule has 1 aromatic carbocycles. The highest BCUT2D eigenvalue weighted by Gasteiger charge is 2.32. The molecule has 0 radical (unpaired) electrons. The minimum Gasteiger partial charge on any atom is -0.491 e. The van der Waals surface area contributed by atoms with Crippen molar-refractivity contribution in [2.45, 2.75) is 45.3 Å². The Labute approximate surface area is 124 Å². The zero-order valence-corrected chi connectivity index (χ0v) is 12.4. The van der Waals surface area contributed by atoms with E-state index in [4.69, 9.17) is 4.74 Å². The van der Waals surface area contributed by atoms with E-state index in [0.29, 0.717) is 24.3 Å². The highest BCUT2D eigenvalue weighted by atomic mass is 16.5. The maximum Gasteiger partial charge on any atom is 0.326 e. The monoisotopic (exact) mass is 291 g/mol. The van der Waals surface area contributed by atoms with Crippen LogP contribution in [0.3, 0.4) is 0 Å². The molecule has 1 heterocycles. The summed E-state index contributed by atoms with van der Waals surface area (Å²) in [4.78, 5) is 25.2. The fourth-order valence-corrected chi connectivity index (χ4v) is 2.55. The molecule has 0 saturated carbocycles. The Balaban J connectivity index is 2.12. The second kappa shape index (κ2) is 6.61. The molecule has 0 spiro atoms. The Morgan fingerprint density at radius 2 is 1.90 bits per heavy atom. The lowest BCUT2D eigenvalue weighted by Crippen LogP contribution is -2.47. The second-order valence-electron chi connectivity index (χ2n) is 5.54. The predicted molar refractivity (Wildman–Crippen MR) is 78.5 cm³/mol. The van der Waals surface area contributed by atoms with Crippen LogP contribution in [0.2, 0.25) is 0 Å². The largest absolute Gasteiger partial charge is 0.491 e. The van der Waals surface area contributed by atoms with Crippen molar-refractivity contribution in [1.82, 2.24) is 4.90 Å². The van der Waals surface area contributed by atoms with Crippen LogP contribution in [0.1, 0.15) is 43.5 Å². The lowest BCUT2D eigenvalue weighted by atomic mass is 10.0. The predicted octanol–water partition coefficient (Wildman–Crippen LogP) is 2.55. The van der Waals surface area contributed by atoms with Gasteiger partial charge in [0, 0.05) is 12.1 Å². The SMILES string of the molecule is CC(C)Oc1ccc(C(=O)N2CCCC[C@H]2C(=O)O)cc1. The van der Waals surface area contributed by atoms with Gasteiger partial charge in [0.2, 0.25) is 0 Å². The minimum absolute atomic E-state index is 0.0741. The summed E-state index contributed by atoms with van der Waals surface area (Å²) in [6, 6.07) is 6.15. The lowest BCUT2D eigenvalue weighted by Gasteiger charge is -2.33. The zero-order chi connectivity index (χ0) is 15.4. The molecule has 0 bridgehead atoms. The number of likely N-dealkylation sites (tertiary alicyclic amines) is 1. The van der Waals surface area contributed by atoms with E-state index < -0.39 is 12.0 Å². The number of carbonyl (C=O) groups is 2. The van der Waals surface area contributed by atoms with E-state index in [9.17, 15) is 14.7 Å². The van der Waals surface area contributed by atoms with Gasteiger partial charge in [-0.1, -0.05) is 0 Å². The smallest absolute Gasteiger partial charge is 0.326 e. The van der Waals surface area contributed by atoms with Crippen molar-refractivity contribution in [1.29, 1.82) is 0 Å². The van der Waals surface area contributed by atoms with Crippen molar-refractivity contribution in [3.8, 4) is 5.75 Å². The van der Waals surface area contributed by atoms with Crippen LogP contribution in [-0.2, 0) is 4.79 Å². The number of rotatable bonds is 4. The molecule has 5 heteroatoms. The number of hydrogen-bond acceptors (Lipinski definition) is 3. The summed E-state index contributed by atoms with van der Waals surface area (Å²) >= 11 is 0. The van der Waals surface area contributed by atoms with E-state index >= 15 is 0 Å². The highest BCUT2D eigenvalue weighted by Crippen LogP contribution is 2.21. The van der Waals surface area contributed by atoms with Crippen molar-refractivity contribution in [3.63, 3.8) is 0 Å². The molecular weight excluding hydrogens is 270 g/mol. The van der Waals surface area contributed by atoms with Crippen molar-refractivity contribution >= 4 is 11.9 Å². The number of amides is 1. The third kappa shape index (κ3) is 3.74. The second-order valence-corrected chi connectivity index (χ2v) is 5.54. The molecule has 1 aliphatic heterocycles. The molecular formula is C16H21NO4. The number of aliphatic carboxylic acids is 1. The summed E-state index contributed by atoms with van der Waals surface area (Å²) in [7, 11) is 0. The van der Waals surface area contributed by atoms with Crippen LogP contribution < -0.4 is 4.74 Å². The average Bonchev–Trinajstić information content (AvgIpc) is 2.46. The summed E-state index contributed by atoms with van der Waals surface area (Å²) in [5.74, 6) is -0.448. The Hall–Kier alpha value is -2.04. The molecule has 21 heavy (non-hydrogen) atoms. The van der Waals surface area contributed by atoms with Crippen molar-refractivity contribution < 1.29 is 19.4 Å². The number of hydrogen-bond donors (Lipinski definition) is 1. The van der Waals surface area contributed by atoms with Gasteiger partial charge in [-0.25, -0.2) is 4.79 Å². The first-order valence-electron chi connectivity index (χ1n) is 7.29. The maximum absolute atomic E-state index is 12.5. The number of nitrogens with zero attached hydrogens (tertiary/aromatic N) is 1. The van der Waals surface area contributed by atoms with Gasteiger partial charge in [0.25, 0.3) is 5.91 Å². The van der Waals surface area contributed by atoms with E-state index in [2.05, 4.69) is 0 Å². The summed E-state index contributed by atoms with van der Waals surface area (Å²) in [6.07, 6.45) is 2.30. The first-order valence-corrected chi connectivity index (χ1v) is 7.29. The molecule has 1 saturated heterocycles. The fourth-order valence-electron chi connectivity index (χ4n) is 2.55. The Bertz CT molecular complexity index is 510. The molecule has 2 rings (SSSR count). The fraction of sp³-hybridized carbons (Fsp3) is 0.500.